The fraction of sp³-hybridized carbons (Fsp3) is 0.160. The van der Waals surface area contributed by atoms with E-state index in [1.165, 1.54) is 6.21 Å². The van der Waals surface area contributed by atoms with Crippen LogP contribution in [0.3, 0.4) is 0 Å². The molecule has 0 spiro atoms. The number of nitrogens with one attached hydrogen (secondary N) is 1. The number of amides is 1. The van der Waals surface area contributed by atoms with Gasteiger partial charge >= 0.3 is 5.97 Å². The molecule has 3 rings (SSSR count). The number of esters is 1. The van der Waals surface area contributed by atoms with Gasteiger partial charge < -0.3 is 4.74 Å². The Hall–Kier alpha value is -2.96. The standard InChI is InChI=1S/C25H22BrClN2O3/c1-25(2,3)19-8-4-16(5-9-19)23(30)29-28-15-18-14-20(26)10-13-22(18)32-24(31)17-6-11-21(27)12-7-17/h4-15H,1-3H3,(H,29,30)/b28-15-. The molecule has 0 aliphatic carbocycles. The van der Waals surface area contributed by atoms with Gasteiger partial charge in [-0.1, -0.05) is 60.4 Å². The Balaban J connectivity index is 1.71. The second kappa shape index (κ2) is 10.1. The van der Waals surface area contributed by atoms with Gasteiger partial charge in [0.2, 0.25) is 0 Å². The monoisotopic (exact) mass is 512 g/mol. The summed E-state index contributed by atoms with van der Waals surface area (Å²) in [6.45, 7) is 6.34. The van der Waals surface area contributed by atoms with Crippen molar-refractivity contribution in [3.05, 3.63) is 98.5 Å². The lowest BCUT2D eigenvalue weighted by Gasteiger charge is -2.18. The number of ether oxygens (including phenoxy) is 1. The normalized spacial score (nSPS) is 11.4. The van der Waals surface area contributed by atoms with E-state index in [-0.39, 0.29) is 11.3 Å². The molecule has 3 aromatic carbocycles. The van der Waals surface area contributed by atoms with Crippen molar-refractivity contribution in [3.8, 4) is 5.75 Å². The minimum absolute atomic E-state index is 0.00764. The van der Waals surface area contributed by atoms with Crippen LogP contribution in [0.25, 0.3) is 0 Å². The quantitative estimate of drug-likeness (QED) is 0.186. The molecule has 0 saturated carbocycles. The molecule has 0 unspecified atom stereocenters. The lowest BCUT2D eigenvalue weighted by atomic mass is 9.87. The average Bonchev–Trinajstić information content (AvgIpc) is 2.75. The highest BCUT2D eigenvalue weighted by atomic mass is 79.9. The van der Waals surface area contributed by atoms with E-state index >= 15 is 0 Å². The zero-order valence-electron chi connectivity index (χ0n) is 17.9. The molecule has 7 heteroatoms. The Morgan fingerprint density at radius 1 is 0.969 bits per heavy atom. The summed E-state index contributed by atoms with van der Waals surface area (Å²) < 4.78 is 6.28. The molecule has 0 fully saturated rings. The summed E-state index contributed by atoms with van der Waals surface area (Å²) in [6.07, 6.45) is 1.43. The lowest BCUT2D eigenvalue weighted by Crippen LogP contribution is -2.18. The largest absolute Gasteiger partial charge is 0.422 e. The summed E-state index contributed by atoms with van der Waals surface area (Å²) >= 11 is 9.26. The zero-order chi connectivity index (χ0) is 23.3. The van der Waals surface area contributed by atoms with Crippen LogP contribution in [0.1, 0.15) is 52.6 Å². The number of benzene rings is 3. The van der Waals surface area contributed by atoms with Gasteiger partial charge in [0.25, 0.3) is 5.91 Å². The molecule has 164 valence electrons. The van der Waals surface area contributed by atoms with E-state index in [0.717, 1.165) is 10.0 Å². The molecule has 0 bridgehead atoms. The van der Waals surface area contributed by atoms with Gasteiger partial charge in [0.15, 0.2) is 0 Å². The van der Waals surface area contributed by atoms with Crippen LogP contribution in [0.15, 0.2) is 76.3 Å². The zero-order valence-corrected chi connectivity index (χ0v) is 20.2. The van der Waals surface area contributed by atoms with Gasteiger partial charge in [0.1, 0.15) is 5.75 Å². The molecule has 0 saturated heterocycles. The fourth-order valence-electron chi connectivity index (χ4n) is 2.80. The van der Waals surface area contributed by atoms with Crippen molar-refractivity contribution in [2.24, 2.45) is 5.10 Å². The molecular formula is C25H22BrClN2O3. The number of carbonyl (C=O) groups excluding carboxylic acids is 2. The van der Waals surface area contributed by atoms with E-state index in [2.05, 4.69) is 47.2 Å². The molecule has 3 aromatic rings. The Kier molecular flexibility index (Phi) is 7.48. The molecular weight excluding hydrogens is 492 g/mol. The maximum atomic E-state index is 12.4. The number of halogens is 2. The van der Waals surface area contributed by atoms with Gasteiger partial charge in [0.05, 0.1) is 11.8 Å². The Labute approximate surface area is 200 Å². The minimum atomic E-state index is -0.526. The molecule has 0 aliphatic heterocycles. The maximum absolute atomic E-state index is 12.4. The van der Waals surface area contributed by atoms with Crippen molar-refractivity contribution in [2.75, 3.05) is 0 Å². The van der Waals surface area contributed by atoms with Crippen LogP contribution in [-0.2, 0) is 5.41 Å². The van der Waals surface area contributed by atoms with Crippen LogP contribution >= 0.6 is 27.5 Å². The Morgan fingerprint density at radius 3 is 2.22 bits per heavy atom. The highest BCUT2D eigenvalue weighted by Gasteiger charge is 2.14. The van der Waals surface area contributed by atoms with Crippen LogP contribution in [0.2, 0.25) is 5.02 Å². The molecule has 0 atom stereocenters. The third-order valence-corrected chi connectivity index (χ3v) is 5.38. The van der Waals surface area contributed by atoms with E-state index < -0.39 is 5.97 Å². The SMILES string of the molecule is CC(C)(C)c1ccc(C(=O)N/N=C\c2cc(Br)ccc2OC(=O)c2ccc(Cl)cc2)cc1. The van der Waals surface area contributed by atoms with E-state index in [1.54, 1.807) is 54.6 Å². The summed E-state index contributed by atoms with van der Waals surface area (Å²) in [4.78, 5) is 24.8. The highest BCUT2D eigenvalue weighted by Crippen LogP contribution is 2.24. The first-order chi connectivity index (χ1) is 15.1. The Morgan fingerprint density at radius 2 is 1.59 bits per heavy atom. The predicted molar refractivity (Wildman–Crippen MR) is 131 cm³/mol. The second-order valence-corrected chi connectivity index (χ2v) is 9.46. The smallest absolute Gasteiger partial charge is 0.343 e. The fourth-order valence-corrected chi connectivity index (χ4v) is 3.31. The Bertz CT molecular complexity index is 1150. The number of rotatable bonds is 5. The van der Waals surface area contributed by atoms with Gasteiger partial charge in [-0.05, 0) is 65.6 Å². The maximum Gasteiger partial charge on any atom is 0.343 e. The number of hydrogen-bond acceptors (Lipinski definition) is 4. The number of hydrogen-bond donors (Lipinski definition) is 1. The molecule has 0 radical (unpaired) electrons. The third kappa shape index (κ3) is 6.28. The van der Waals surface area contributed by atoms with Crippen LogP contribution in [0, 0.1) is 0 Å². The number of nitrogens with zero attached hydrogens (tertiary/aromatic N) is 1. The molecule has 1 amide bonds. The second-order valence-electron chi connectivity index (χ2n) is 8.11. The molecule has 0 heterocycles. The van der Waals surface area contributed by atoms with Crippen molar-refractivity contribution in [1.82, 2.24) is 5.43 Å². The van der Waals surface area contributed by atoms with Crippen LogP contribution in [-0.4, -0.2) is 18.1 Å². The van der Waals surface area contributed by atoms with Gasteiger partial charge in [-0.3, -0.25) is 4.79 Å². The van der Waals surface area contributed by atoms with Gasteiger partial charge in [-0.25, -0.2) is 10.2 Å². The first-order valence-electron chi connectivity index (χ1n) is 9.85. The molecule has 0 aliphatic rings. The minimum Gasteiger partial charge on any atom is -0.422 e. The molecule has 1 N–H and O–H groups in total. The number of hydrazone groups is 1. The summed E-state index contributed by atoms with van der Waals surface area (Å²) in [5, 5.41) is 4.56. The van der Waals surface area contributed by atoms with Gasteiger partial charge in [-0.2, -0.15) is 5.10 Å². The predicted octanol–water partition coefficient (Wildman–Crippen LogP) is 6.38. The van der Waals surface area contributed by atoms with E-state index in [9.17, 15) is 9.59 Å². The van der Waals surface area contributed by atoms with E-state index in [4.69, 9.17) is 16.3 Å². The third-order valence-electron chi connectivity index (χ3n) is 4.64. The highest BCUT2D eigenvalue weighted by molar-refractivity contribution is 9.10. The van der Waals surface area contributed by atoms with Crippen molar-refractivity contribution in [2.45, 2.75) is 26.2 Å². The van der Waals surface area contributed by atoms with Crippen molar-refractivity contribution in [1.29, 1.82) is 0 Å². The molecule has 5 nitrogen and oxygen atoms in total. The summed E-state index contributed by atoms with van der Waals surface area (Å²) in [5.74, 6) is -0.557. The topological polar surface area (TPSA) is 67.8 Å². The first kappa shape index (κ1) is 23.7. The first-order valence-corrected chi connectivity index (χ1v) is 11.0. The van der Waals surface area contributed by atoms with E-state index in [0.29, 0.717) is 27.5 Å². The van der Waals surface area contributed by atoms with Crippen molar-refractivity contribution < 1.29 is 14.3 Å². The number of carbonyl (C=O) groups is 2. The summed E-state index contributed by atoms with van der Waals surface area (Å²) in [5.41, 5.74) is 5.03. The van der Waals surface area contributed by atoms with E-state index in [1.807, 2.05) is 12.1 Å². The molecule has 32 heavy (non-hydrogen) atoms. The average molecular weight is 514 g/mol. The summed E-state index contributed by atoms with van der Waals surface area (Å²) in [6, 6.07) is 18.9. The van der Waals surface area contributed by atoms with Gasteiger partial charge in [0, 0.05) is 20.6 Å². The summed E-state index contributed by atoms with van der Waals surface area (Å²) in [7, 11) is 0. The van der Waals surface area contributed by atoms with Crippen LogP contribution in [0.4, 0.5) is 0 Å². The van der Waals surface area contributed by atoms with Crippen molar-refractivity contribution >= 4 is 45.6 Å². The van der Waals surface area contributed by atoms with Crippen LogP contribution < -0.4 is 10.2 Å². The lowest BCUT2D eigenvalue weighted by molar-refractivity contribution is 0.0734. The van der Waals surface area contributed by atoms with Gasteiger partial charge in [-0.15, -0.1) is 0 Å². The van der Waals surface area contributed by atoms with Crippen LogP contribution in [0.5, 0.6) is 5.75 Å². The molecule has 0 aromatic heterocycles. The van der Waals surface area contributed by atoms with Crippen molar-refractivity contribution in [3.63, 3.8) is 0 Å².